The Morgan fingerprint density at radius 3 is 2.81 bits per heavy atom. The van der Waals surface area contributed by atoms with Gasteiger partial charge in [0, 0.05) is 31.9 Å². The Hall–Kier alpha value is -2.14. The molecule has 1 aliphatic rings. The summed E-state index contributed by atoms with van der Waals surface area (Å²) in [5.74, 6) is -0.867. The molecule has 5 heteroatoms. The number of fused-ring (bicyclic) bond motifs is 1. The Bertz CT molecular complexity index is 676. The topological polar surface area (TPSA) is 58.4 Å². The van der Waals surface area contributed by atoms with Gasteiger partial charge >= 0.3 is 5.97 Å². The molecule has 110 valence electrons. The highest BCUT2D eigenvalue weighted by Gasteiger charge is 2.21. The zero-order valence-electron chi connectivity index (χ0n) is 12.3. The van der Waals surface area contributed by atoms with E-state index in [1.807, 2.05) is 18.6 Å². The van der Waals surface area contributed by atoms with Crippen molar-refractivity contribution in [2.75, 3.05) is 0 Å². The number of carboxylic acid groups (broad SMARTS) is 1. The van der Waals surface area contributed by atoms with Crippen LogP contribution in [-0.2, 0) is 19.6 Å². The first-order valence-electron chi connectivity index (χ1n) is 7.12. The van der Waals surface area contributed by atoms with Gasteiger partial charge in [-0.3, -0.25) is 4.90 Å². The SMILES string of the molecule is CC(C)n1cncc1CN1Cc2ccc(C(=O)O)cc2C1. The van der Waals surface area contributed by atoms with Crippen LogP contribution in [0.3, 0.4) is 0 Å². The summed E-state index contributed by atoms with van der Waals surface area (Å²) in [4.78, 5) is 17.6. The van der Waals surface area contributed by atoms with Gasteiger partial charge in [0.2, 0.25) is 0 Å². The third-order valence-electron chi connectivity index (χ3n) is 3.93. The maximum absolute atomic E-state index is 11.0. The molecule has 21 heavy (non-hydrogen) atoms. The molecule has 1 aromatic heterocycles. The van der Waals surface area contributed by atoms with Crippen LogP contribution in [0.15, 0.2) is 30.7 Å². The molecule has 0 saturated carbocycles. The first kappa shape index (κ1) is 13.8. The molecule has 0 radical (unpaired) electrons. The zero-order valence-corrected chi connectivity index (χ0v) is 12.3. The van der Waals surface area contributed by atoms with Gasteiger partial charge in [0.15, 0.2) is 0 Å². The van der Waals surface area contributed by atoms with E-state index in [1.54, 1.807) is 12.1 Å². The molecule has 0 fully saturated rings. The normalized spacial score (nSPS) is 14.6. The number of nitrogens with zero attached hydrogens (tertiary/aromatic N) is 3. The molecule has 1 N–H and O–H groups in total. The fourth-order valence-electron chi connectivity index (χ4n) is 2.86. The number of carboxylic acids is 1. The molecule has 0 spiro atoms. The van der Waals surface area contributed by atoms with E-state index < -0.39 is 5.97 Å². The number of carbonyl (C=O) groups is 1. The zero-order chi connectivity index (χ0) is 15.0. The van der Waals surface area contributed by atoms with E-state index in [1.165, 1.54) is 11.3 Å². The van der Waals surface area contributed by atoms with Crippen LogP contribution < -0.4 is 0 Å². The van der Waals surface area contributed by atoms with Crippen LogP contribution in [-0.4, -0.2) is 25.5 Å². The number of hydrogen-bond donors (Lipinski definition) is 1. The Balaban J connectivity index is 1.76. The van der Waals surface area contributed by atoms with Crippen LogP contribution in [0.25, 0.3) is 0 Å². The van der Waals surface area contributed by atoms with Crippen LogP contribution in [0, 0.1) is 0 Å². The third kappa shape index (κ3) is 2.69. The lowest BCUT2D eigenvalue weighted by atomic mass is 10.1. The van der Waals surface area contributed by atoms with E-state index in [0.29, 0.717) is 11.6 Å². The van der Waals surface area contributed by atoms with Gasteiger partial charge in [0.25, 0.3) is 0 Å². The van der Waals surface area contributed by atoms with Crippen molar-refractivity contribution >= 4 is 5.97 Å². The molecule has 0 atom stereocenters. The van der Waals surface area contributed by atoms with Crippen LogP contribution >= 0.6 is 0 Å². The largest absolute Gasteiger partial charge is 0.478 e. The van der Waals surface area contributed by atoms with E-state index in [2.05, 4.69) is 28.3 Å². The summed E-state index contributed by atoms with van der Waals surface area (Å²) in [6.07, 6.45) is 3.78. The monoisotopic (exact) mass is 285 g/mol. The lowest BCUT2D eigenvalue weighted by molar-refractivity contribution is 0.0696. The van der Waals surface area contributed by atoms with Crippen LogP contribution in [0.2, 0.25) is 0 Å². The van der Waals surface area contributed by atoms with Gasteiger partial charge in [0.05, 0.1) is 17.6 Å². The Kier molecular flexibility index (Phi) is 3.51. The van der Waals surface area contributed by atoms with Crippen molar-refractivity contribution in [2.45, 2.75) is 39.5 Å². The molecule has 2 aromatic rings. The maximum atomic E-state index is 11.0. The van der Waals surface area contributed by atoms with Gasteiger partial charge in [-0.25, -0.2) is 9.78 Å². The smallest absolute Gasteiger partial charge is 0.335 e. The minimum Gasteiger partial charge on any atom is -0.478 e. The first-order chi connectivity index (χ1) is 10.0. The van der Waals surface area contributed by atoms with Gasteiger partial charge in [-0.1, -0.05) is 6.07 Å². The van der Waals surface area contributed by atoms with Crippen molar-refractivity contribution in [2.24, 2.45) is 0 Å². The van der Waals surface area contributed by atoms with Crippen molar-refractivity contribution in [1.29, 1.82) is 0 Å². The van der Waals surface area contributed by atoms with Crippen LogP contribution in [0.1, 0.15) is 47.1 Å². The lowest BCUT2D eigenvalue weighted by Gasteiger charge is -2.18. The van der Waals surface area contributed by atoms with Gasteiger partial charge in [-0.2, -0.15) is 0 Å². The van der Waals surface area contributed by atoms with Crippen molar-refractivity contribution < 1.29 is 9.90 Å². The van der Waals surface area contributed by atoms with E-state index in [-0.39, 0.29) is 0 Å². The first-order valence-corrected chi connectivity index (χ1v) is 7.12. The third-order valence-corrected chi connectivity index (χ3v) is 3.93. The standard InChI is InChI=1S/C16H19N3O2/c1-11(2)19-10-17-6-15(19)9-18-7-13-4-3-12(16(20)21)5-14(13)8-18/h3-6,10-11H,7-9H2,1-2H3,(H,20,21). The molecule has 0 aliphatic carbocycles. The van der Waals surface area contributed by atoms with Gasteiger partial charge in [0.1, 0.15) is 0 Å². The van der Waals surface area contributed by atoms with Gasteiger partial charge < -0.3 is 9.67 Å². The molecule has 0 unspecified atom stereocenters. The summed E-state index contributed by atoms with van der Waals surface area (Å²) >= 11 is 0. The highest BCUT2D eigenvalue weighted by molar-refractivity contribution is 5.87. The van der Waals surface area contributed by atoms with Gasteiger partial charge in [-0.15, -0.1) is 0 Å². The molecule has 2 heterocycles. The molecular formula is C16H19N3O2. The number of rotatable bonds is 4. The predicted octanol–water partition coefficient (Wildman–Crippen LogP) is 2.68. The van der Waals surface area contributed by atoms with Crippen LogP contribution in [0.4, 0.5) is 0 Å². The molecule has 0 amide bonds. The van der Waals surface area contributed by atoms with E-state index in [9.17, 15) is 4.79 Å². The second-order valence-corrected chi connectivity index (χ2v) is 5.82. The highest BCUT2D eigenvalue weighted by Crippen LogP contribution is 2.25. The predicted molar refractivity (Wildman–Crippen MR) is 79.0 cm³/mol. The quantitative estimate of drug-likeness (QED) is 0.938. The number of imidazole rings is 1. The Morgan fingerprint density at radius 2 is 2.10 bits per heavy atom. The summed E-state index contributed by atoms with van der Waals surface area (Å²) in [6, 6.07) is 5.80. The molecule has 0 saturated heterocycles. The number of hydrogen-bond acceptors (Lipinski definition) is 3. The minimum atomic E-state index is -0.867. The van der Waals surface area contributed by atoms with Crippen molar-refractivity contribution in [3.8, 4) is 0 Å². The van der Waals surface area contributed by atoms with Gasteiger partial charge in [-0.05, 0) is 37.1 Å². The fraction of sp³-hybridized carbons (Fsp3) is 0.375. The highest BCUT2D eigenvalue weighted by atomic mass is 16.4. The minimum absolute atomic E-state index is 0.364. The molecule has 5 nitrogen and oxygen atoms in total. The Labute approximate surface area is 123 Å². The average Bonchev–Trinajstić information content (AvgIpc) is 3.03. The maximum Gasteiger partial charge on any atom is 0.335 e. The van der Waals surface area contributed by atoms with E-state index in [0.717, 1.165) is 25.2 Å². The number of aromatic carboxylic acids is 1. The Morgan fingerprint density at radius 1 is 1.33 bits per heavy atom. The van der Waals surface area contributed by atoms with E-state index >= 15 is 0 Å². The molecular weight excluding hydrogens is 266 g/mol. The summed E-state index contributed by atoms with van der Waals surface area (Å²) < 4.78 is 2.17. The van der Waals surface area contributed by atoms with Crippen molar-refractivity contribution in [1.82, 2.24) is 14.5 Å². The summed E-state index contributed by atoms with van der Waals surface area (Å²) in [5.41, 5.74) is 3.89. The number of aromatic nitrogens is 2. The second kappa shape index (κ2) is 5.33. The molecule has 0 bridgehead atoms. The number of benzene rings is 1. The summed E-state index contributed by atoms with van der Waals surface area (Å²) in [5, 5.41) is 9.06. The molecule has 1 aliphatic heterocycles. The lowest BCUT2D eigenvalue weighted by Crippen LogP contribution is -2.18. The average molecular weight is 285 g/mol. The molecule has 1 aromatic carbocycles. The fourth-order valence-corrected chi connectivity index (χ4v) is 2.86. The van der Waals surface area contributed by atoms with Crippen molar-refractivity contribution in [3.63, 3.8) is 0 Å². The van der Waals surface area contributed by atoms with E-state index in [4.69, 9.17) is 5.11 Å². The summed E-state index contributed by atoms with van der Waals surface area (Å²) in [6.45, 7) is 6.76. The second-order valence-electron chi connectivity index (χ2n) is 5.82. The van der Waals surface area contributed by atoms with Crippen LogP contribution in [0.5, 0.6) is 0 Å². The molecule has 3 rings (SSSR count). The summed E-state index contributed by atoms with van der Waals surface area (Å²) in [7, 11) is 0. The van der Waals surface area contributed by atoms with Crippen molar-refractivity contribution in [3.05, 3.63) is 53.1 Å².